The van der Waals surface area contributed by atoms with E-state index in [1.807, 2.05) is 19.1 Å². The first-order chi connectivity index (χ1) is 8.74. The number of nitrogens with zero attached hydrogens (tertiary/aromatic N) is 4. The van der Waals surface area contributed by atoms with E-state index in [4.69, 9.17) is 5.73 Å². The Hall–Kier alpha value is -1.86. The lowest BCUT2D eigenvalue weighted by Gasteiger charge is -1.92. The maximum absolute atomic E-state index is 5.60. The Labute approximate surface area is 111 Å². The molecule has 3 aromatic rings. The molecule has 0 aliphatic carbocycles. The minimum absolute atomic E-state index is 0.475. The fourth-order valence-electron chi connectivity index (χ4n) is 1.54. The lowest BCUT2D eigenvalue weighted by atomic mass is 10.3. The van der Waals surface area contributed by atoms with Gasteiger partial charge in [0.05, 0.1) is 10.6 Å². The second kappa shape index (κ2) is 4.43. The Balaban J connectivity index is 2.06. The predicted molar refractivity (Wildman–Crippen MR) is 73.4 cm³/mol. The minimum atomic E-state index is 0.475. The molecule has 7 heteroatoms. The molecule has 3 rings (SSSR count). The number of aromatic nitrogens is 4. The number of aryl methyl sites for hydroxylation is 1. The van der Waals surface area contributed by atoms with E-state index in [9.17, 15) is 0 Å². The van der Waals surface area contributed by atoms with Gasteiger partial charge in [-0.25, -0.2) is 4.98 Å². The van der Waals surface area contributed by atoms with E-state index in [1.54, 1.807) is 23.7 Å². The molecule has 0 radical (unpaired) electrons. The van der Waals surface area contributed by atoms with Crippen LogP contribution in [-0.2, 0) is 0 Å². The summed E-state index contributed by atoms with van der Waals surface area (Å²) in [5.41, 5.74) is 7.61. The Morgan fingerprint density at radius 3 is 2.50 bits per heavy atom. The molecule has 3 heterocycles. The molecule has 0 amide bonds. The normalized spacial score (nSPS) is 10.7. The molecule has 0 aromatic carbocycles. The summed E-state index contributed by atoms with van der Waals surface area (Å²) >= 11 is 2.97. The molecule has 0 atom stereocenters. The van der Waals surface area contributed by atoms with E-state index in [0.29, 0.717) is 5.13 Å². The molecule has 5 nitrogen and oxygen atoms in total. The number of hydrogen-bond acceptors (Lipinski definition) is 7. The molecule has 0 fully saturated rings. The molecule has 0 aliphatic heterocycles. The summed E-state index contributed by atoms with van der Waals surface area (Å²) in [5.74, 6) is 0. The van der Waals surface area contributed by atoms with Crippen LogP contribution < -0.4 is 5.73 Å². The van der Waals surface area contributed by atoms with E-state index < -0.39 is 0 Å². The predicted octanol–water partition coefficient (Wildman–Crippen LogP) is 2.61. The summed E-state index contributed by atoms with van der Waals surface area (Å²) in [6, 6.07) is 3.88. The maximum Gasteiger partial charge on any atom is 0.203 e. The summed E-state index contributed by atoms with van der Waals surface area (Å²) < 4.78 is 0. The van der Waals surface area contributed by atoms with Gasteiger partial charge in [0.1, 0.15) is 5.01 Å². The van der Waals surface area contributed by atoms with Gasteiger partial charge in [-0.15, -0.1) is 21.5 Å². The Morgan fingerprint density at radius 1 is 1.06 bits per heavy atom. The van der Waals surface area contributed by atoms with Crippen LogP contribution in [0.25, 0.3) is 20.5 Å². The number of thiazole rings is 1. The topological polar surface area (TPSA) is 77.6 Å². The third-order valence-corrected chi connectivity index (χ3v) is 4.47. The third kappa shape index (κ3) is 1.98. The highest BCUT2D eigenvalue weighted by Crippen LogP contribution is 2.36. The largest absolute Gasteiger partial charge is 0.374 e. The van der Waals surface area contributed by atoms with Crippen LogP contribution in [0.4, 0.5) is 5.13 Å². The third-order valence-electron chi connectivity index (χ3n) is 2.36. The number of pyridine rings is 1. The zero-order chi connectivity index (χ0) is 12.5. The molecule has 0 bridgehead atoms. The Kier molecular flexibility index (Phi) is 2.77. The van der Waals surface area contributed by atoms with Crippen LogP contribution in [0.1, 0.15) is 5.69 Å². The van der Waals surface area contributed by atoms with Gasteiger partial charge in [0, 0.05) is 18.0 Å². The summed E-state index contributed by atoms with van der Waals surface area (Å²) in [7, 11) is 0. The second-order valence-corrected chi connectivity index (χ2v) is 5.62. The van der Waals surface area contributed by atoms with E-state index in [2.05, 4.69) is 20.2 Å². The van der Waals surface area contributed by atoms with Crippen molar-refractivity contribution in [3.05, 3.63) is 30.2 Å². The van der Waals surface area contributed by atoms with E-state index in [1.165, 1.54) is 11.3 Å². The number of nitrogen functional groups attached to an aromatic ring is 1. The van der Waals surface area contributed by atoms with Crippen LogP contribution in [0.5, 0.6) is 0 Å². The molecule has 3 aromatic heterocycles. The van der Waals surface area contributed by atoms with Crippen molar-refractivity contribution in [1.82, 2.24) is 20.2 Å². The van der Waals surface area contributed by atoms with Gasteiger partial charge in [-0.1, -0.05) is 11.3 Å². The van der Waals surface area contributed by atoms with Crippen LogP contribution in [0.15, 0.2) is 24.5 Å². The van der Waals surface area contributed by atoms with Gasteiger partial charge in [0.2, 0.25) is 5.13 Å². The molecule has 18 heavy (non-hydrogen) atoms. The van der Waals surface area contributed by atoms with E-state index in [0.717, 1.165) is 26.1 Å². The molecule has 0 saturated heterocycles. The number of anilines is 1. The van der Waals surface area contributed by atoms with Crippen molar-refractivity contribution in [2.45, 2.75) is 6.92 Å². The molecule has 0 aliphatic rings. The van der Waals surface area contributed by atoms with Crippen molar-refractivity contribution < 1.29 is 0 Å². The summed E-state index contributed by atoms with van der Waals surface area (Å²) in [6.45, 7) is 1.97. The quantitative estimate of drug-likeness (QED) is 0.777. The SMILES string of the molecule is Cc1nc(-c2ccncc2)sc1-c1nnc(N)s1. The first kappa shape index (κ1) is 11.2. The van der Waals surface area contributed by atoms with Gasteiger partial charge in [-0.05, 0) is 19.1 Å². The van der Waals surface area contributed by atoms with Gasteiger partial charge in [0.25, 0.3) is 0 Å². The van der Waals surface area contributed by atoms with E-state index >= 15 is 0 Å². The van der Waals surface area contributed by atoms with Crippen molar-refractivity contribution in [1.29, 1.82) is 0 Å². The molecule has 0 spiro atoms. The monoisotopic (exact) mass is 275 g/mol. The van der Waals surface area contributed by atoms with Crippen LogP contribution in [0, 0.1) is 6.92 Å². The van der Waals surface area contributed by atoms with E-state index in [-0.39, 0.29) is 0 Å². The maximum atomic E-state index is 5.60. The van der Waals surface area contributed by atoms with Crippen LogP contribution in [0.2, 0.25) is 0 Å². The first-order valence-corrected chi connectivity index (χ1v) is 6.84. The van der Waals surface area contributed by atoms with Crippen molar-refractivity contribution in [2.24, 2.45) is 0 Å². The van der Waals surface area contributed by atoms with Gasteiger partial charge >= 0.3 is 0 Å². The highest BCUT2D eigenvalue weighted by atomic mass is 32.1. The standard InChI is InChI=1S/C11H9N5S2/c1-6-8(10-15-16-11(12)18-10)17-9(14-6)7-2-4-13-5-3-7/h2-5H,1H3,(H2,12,16). The lowest BCUT2D eigenvalue weighted by molar-refractivity contribution is 1.10. The van der Waals surface area contributed by atoms with Crippen LogP contribution in [0.3, 0.4) is 0 Å². The smallest absolute Gasteiger partial charge is 0.203 e. The van der Waals surface area contributed by atoms with Crippen molar-refractivity contribution >= 4 is 27.8 Å². The van der Waals surface area contributed by atoms with Gasteiger partial charge in [-0.3, -0.25) is 4.98 Å². The highest BCUT2D eigenvalue weighted by Gasteiger charge is 2.14. The lowest BCUT2D eigenvalue weighted by Crippen LogP contribution is -1.80. The van der Waals surface area contributed by atoms with Gasteiger partial charge in [0.15, 0.2) is 5.01 Å². The van der Waals surface area contributed by atoms with Crippen LogP contribution in [-0.4, -0.2) is 20.2 Å². The summed E-state index contributed by atoms with van der Waals surface area (Å²) in [6.07, 6.45) is 3.52. The molecule has 0 saturated carbocycles. The summed E-state index contributed by atoms with van der Waals surface area (Å²) in [5, 5.41) is 10.1. The minimum Gasteiger partial charge on any atom is -0.374 e. The number of nitrogens with two attached hydrogens (primary N) is 1. The fraction of sp³-hybridized carbons (Fsp3) is 0.0909. The Morgan fingerprint density at radius 2 is 1.83 bits per heavy atom. The van der Waals surface area contributed by atoms with Crippen molar-refractivity contribution in [3.63, 3.8) is 0 Å². The zero-order valence-electron chi connectivity index (χ0n) is 9.49. The van der Waals surface area contributed by atoms with Gasteiger partial charge in [-0.2, -0.15) is 0 Å². The van der Waals surface area contributed by atoms with Crippen LogP contribution >= 0.6 is 22.7 Å². The first-order valence-electron chi connectivity index (χ1n) is 5.21. The molecular weight excluding hydrogens is 266 g/mol. The van der Waals surface area contributed by atoms with Crippen molar-refractivity contribution in [2.75, 3.05) is 5.73 Å². The highest BCUT2D eigenvalue weighted by molar-refractivity contribution is 7.24. The fourth-order valence-corrected chi connectivity index (χ4v) is 3.34. The van der Waals surface area contributed by atoms with Crippen molar-refractivity contribution in [3.8, 4) is 20.5 Å². The zero-order valence-corrected chi connectivity index (χ0v) is 11.1. The average Bonchev–Trinajstić information content (AvgIpc) is 2.97. The molecule has 2 N–H and O–H groups in total. The molecular formula is C11H9N5S2. The Bertz CT molecular complexity index is 674. The van der Waals surface area contributed by atoms with Gasteiger partial charge < -0.3 is 5.73 Å². The number of rotatable bonds is 2. The summed E-state index contributed by atoms with van der Waals surface area (Å²) in [4.78, 5) is 9.58. The second-order valence-electron chi connectivity index (χ2n) is 3.61. The average molecular weight is 275 g/mol. The molecule has 90 valence electrons. The molecule has 0 unspecified atom stereocenters. The number of hydrogen-bond donors (Lipinski definition) is 1.